The third kappa shape index (κ3) is 6.45. The van der Waals surface area contributed by atoms with E-state index in [1.165, 1.54) is 51.7 Å². The van der Waals surface area contributed by atoms with Gasteiger partial charge in [0.2, 0.25) is 5.91 Å². The Morgan fingerprint density at radius 2 is 1.52 bits per heavy atom. The van der Waals surface area contributed by atoms with E-state index < -0.39 is 0 Å². The summed E-state index contributed by atoms with van der Waals surface area (Å²) in [4.78, 5) is 17.0. The molecule has 1 amide bonds. The second kappa shape index (κ2) is 10.3. The van der Waals surface area contributed by atoms with E-state index in [0.29, 0.717) is 17.2 Å². The molecule has 0 unspecified atom stereocenters. The molecule has 3 heteroatoms. The Kier molecular flexibility index (Phi) is 9.19. The van der Waals surface area contributed by atoms with Gasteiger partial charge in [0.15, 0.2) is 0 Å². The molecule has 136 valence electrons. The van der Waals surface area contributed by atoms with Gasteiger partial charge in [0, 0.05) is 19.5 Å². The third-order valence-electron chi connectivity index (χ3n) is 5.57. The van der Waals surface area contributed by atoms with Crippen molar-refractivity contribution in [2.24, 2.45) is 11.3 Å². The molecule has 0 aliphatic carbocycles. The molecule has 2 fully saturated rings. The lowest BCUT2D eigenvalue weighted by molar-refractivity contribution is -0.134. The summed E-state index contributed by atoms with van der Waals surface area (Å²) in [5, 5.41) is 0. The van der Waals surface area contributed by atoms with Crippen molar-refractivity contribution >= 4 is 5.91 Å². The second-order valence-corrected chi connectivity index (χ2v) is 7.65. The van der Waals surface area contributed by atoms with Gasteiger partial charge in [-0.3, -0.25) is 4.79 Å². The molecule has 0 bridgehead atoms. The highest BCUT2D eigenvalue weighted by Gasteiger charge is 2.38. The first-order chi connectivity index (χ1) is 11.0. The molecule has 2 aliphatic rings. The van der Waals surface area contributed by atoms with E-state index >= 15 is 0 Å². The number of nitrogens with zero attached hydrogens (tertiary/aromatic N) is 2. The van der Waals surface area contributed by atoms with Crippen LogP contribution >= 0.6 is 0 Å². The van der Waals surface area contributed by atoms with Crippen LogP contribution in [0, 0.1) is 11.3 Å². The van der Waals surface area contributed by atoms with Crippen LogP contribution in [0.4, 0.5) is 0 Å². The van der Waals surface area contributed by atoms with Crippen molar-refractivity contribution in [3.8, 4) is 0 Å². The third-order valence-corrected chi connectivity index (χ3v) is 5.57. The lowest BCUT2D eigenvalue weighted by Gasteiger charge is -2.47. The smallest absolute Gasteiger partial charge is 0.222 e. The second-order valence-electron chi connectivity index (χ2n) is 7.65. The molecule has 3 nitrogen and oxygen atoms in total. The Bertz CT molecular complexity index is 323. The lowest BCUT2D eigenvalue weighted by Crippen LogP contribution is -2.48. The van der Waals surface area contributed by atoms with Gasteiger partial charge in [-0.1, -0.05) is 34.6 Å². The molecule has 0 aromatic rings. The molecule has 2 saturated heterocycles. The highest BCUT2D eigenvalue weighted by Crippen LogP contribution is 2.41. The van der Waals surface area contributed by atoms with Crippen LogP contribution in [0.25, 0.3) is 0 Å². The van der Waals surface area contributed by atoms with Crippen molar-refractivity contribution in [3.63, 3.8) is 0 Å². The predicted molar refractivity (Wildman–Crippen MR) is 99.6 cm³/mol. The Hall–Kier alpha value is -0.570. The van der Waals surface area contributed by atoms with Crippen molar-refractivity contribution in [1.29, 1.82) is 0 Å². The van der Waals surface area contributed by atoms with Gasteiger partial charge >= 0.3 is 0 Å². The van der Waals surface area contributed by atoms with Gasteiger partial charge < -0.3 is 9.80 Å². The molecular weight excluding hydrogens is 284 g/mol. The molecule has 0 atom stereocenters. The molecule has 0 saturated carbocycles. The molecule has 0 N–H and O–H groups in total. The zero-order valence-electron chi connectivity index (χ0n) is 16.4. The maximum atomic E-state index is 12.2. The van der Waals surface area contributed by atoms with Crippen LogP contribution in [-0.2, 0) is 4.79 Å². The van der Waals surface area contributed by atoms with Crippen molar-refractivity contribution in [3.05, 3.63) is 0 Å². The summed E-state index contributed by atoms with van der Waals surface area (Å²) in [6.07, 6.45) is 8.22. The Balaban J connectivity index is 0.00000127. The van der Waals surface area contributed by atoms with Crippen LogP contribution in [0.5, 0.6) is 0 Å². The van der Waals surface area contributed by atoms with Crippen LogP contribution in [0.15, 0.2) is 0 Å². The minimum absolute atomic E-state index is 0.391. The molecule has 0 aromatic heterocycles. The number of amides is 1. The zero-order valence-corrected chi connectivity index (χ0v) is 16.4. The van der Waals surface area contributed by atoms with Gasteiger partial charge in [0.1, 0.15) is 0 Å². The van der Waals surface area contributed by atoms with Gasteiger partial charge in [-0.25, -0.2) is 0 Å². The molecule has 2 aliphatic heterocycles. The van der Waals surface area contributed by atoms with Gasteiger partial charge in [0.05, 0.1) is 0 Å². The van der Waals surface area contributed by atoms with Gasteiger partial charge in [-0.15, -0.1) is 0 Å². The maximum Gasteiger partial charge on any atom is 0.222 e. The monoisotopic (exact) mass is 324 g/mol. The lowest BCUT2D eigenvalue weighted by atomic mass is 9.71. The summed E-state index contributed by atoms with van der Waals surface area (Å²) in [7, 11) is 0. The largest absolute Gasteiger partial charge is 0.343 e. The average Bonchev–Trinajstić information content (AvgIpc) is 2.58. The number of hydrogen-bond donors (Lipinski definition) is 0. The summed E-state index contributed by atoms with van der Waals surface area (Å²) in [6, 6.07) is 0. The van der Waals surface area contributed by atoms with Gasteiger partial charge in [-0.2, -0.15) is 0 Å². The van der Waals surface area contributed by atoms with Crippen molar-refractivity contribution in [1.82, 2.24) is 9.80 Å². The molecule has 2 heterocycles. The van der Waals surface area contributed by atoms with E-state index in [-0.39, 0.29) is 0 Å². The number of rotatable bonds is 5. The first kappa shape index (κ1) is 20.5. The predicted octanol–water partition coefficient (Wildman–Crippen LogP) is 4.56. The first-order valence-corrected chi connectivity index (χ1v) is 10.0. The Morgan fingerprint density at radius 3 is 2.00 bits per heavy atom. The van der Waals surface area contributed by atoms with E-state index in [9.17, 15) is 4.79 Å². The first-order valence-electron chi connectivity index (χ1n) is 10.0. The summed E-state index contributed by atoms with van der Waals surface area (Å²) < 4.78 is 0. The number of carbonyl (C=O) groups excluding carboxylic acids is 1. The SMILES string of the molecule is CC.CCCN1CCC2(CC1)CCN(C(=O)CCC(C)C)CC2. The van der Waals surface area contributed by atoms with Gasteiger partial charge in [0.25, 0.3) is 0 Å². The highest BCUT2D eigenvalue weighted by atomic mass is 16.2. The van der Waals surface area contributed by atoms with E-state index in [2.05, 4.69) is 30.6 Å². The van der Waals surface area contributed by atoms with E-state index in [1.54, 1.807) is 0 Å². The normalized spacial score (nSPS) is 21.2. The Labute approximate surface area is 144 Å². The molecule has 23 heavy (non-hydrogen) atoms. The molecule has 2 rings (SSSR count). The fourth-order valence-electron chi connectivity index (χ4n) is 3.87. The fraction of sp³-hybridized carbons (Fsp3) is 0.950. The highest BCUT2D eigenvalue weighted by molar-refractivity contribution is 5.76. The average molecular weight is 325 g/mol. The van der Waals surface area contributed by atoms with Gasteiger partial charge in [-0.05, 0) is 69.5 Å². The van der Waals surface area contributed by atoms with E-state index in [4.69, 9.17) is 0 Å². The van der Waals surface area contributed by atoms with Crippen LogP contribution in [0.1, 0.15) is 79.6 Å². The minimum Gasteiger partial charge on any atom is -0.343 e. The van der Waals surface area contributed by atoms with Crippen LogP contribution in [0.2, 0.25) is 0 Å². The number of hydrogen-bond acceptors (Lipinski definition) is 2. The standard InChI is InChI=1S/C18H34N2O.C2H6/c1-4-11-19-12-7-18(8-13-19)9-14-20(15-10-18)17(21)6-5-16(2)3;1-2/h16H,4-15H2,1-3H3;1-2H3. The topological polar surface area (TPSA) is 23.6 Å². The van der Waals surface area contributed by atoms with Crippen molar-refractivity contribution < 1.29 is 4.79 Å². The summed E-state index contributed by atoms with van der Waals surface area (Å²) >= 11 is 0. The van der Waals surface area contributed by atoms with E-state index in [1.807, 2.05) is 13.8 Å². The van der Waals surface area contributed by atoms with Crippen LogP contribution in [-0.4, -0.2) is 48.4 Å². The zero-order chi connectivity index (χ0) is 17.3. The molecule has 0 radical (unpaired) electrons. The van der Waals surface area contributed by atoms with Crippen LogP contribution < -0.4 is 0 Å². The maximum absolute atomic E-state index is 12.2. The fourth-order valence-corrected chi connectivity index (χ4v) is 3.87. The summed E-state index contributed by atoms with van der Waals surface area (Å²) in [6.45, 7) is 16.5. The molecular formula is C20H40N2O. The Morgan fingerprint density at radius 1 is 1.00 bits per heavy atom. The van der Waals surface area contributed by atoms with Crippen molar-refractivity contribution in [2.45, 2.75) is 79.6 Å². The number of piperidine rings is 2. The summed E-state index contributed by atoms with van der Waals surface area (Å²) in [5.41, 5.74) is 0.555. The quantitative estimate of drug-likeness (QED) is 0.740. The minimum atomic E-state index is 0.391. The number of carbonyl (C=O) groups is 1. The van der Waals surface area contributed by atoms with Crippen molar-refractivity contribution in [2.75, 3.05) is 32.7 Å². The van der Waals surface area contributed by atoms with Crippen LogP contribution in [0.3, 0.4) is 0 Å². The van der Waals surface area contributed by atoms with E-state index in [0.717, 1.165) is 25.9 Å². The summed E-state index contributed by atoms with van der Waals surface area (Å²) in [5.74, 6) is 1.02. The molecule has 1 spiro atoms. The number of likely N-dealkylation sites (tertiary alicyclic amines) is 2. The molecule has 0 aromatic carbocycles.